The van der Waals surface area contributed by atoms with E-state index in [2.05, 4.69) is 44.6 Å². The van der Waals surface area contributed by atoms with E-state index in [4.69, 9.17) is 4.52 Å². The average Bonchev–Trinajstić information content (AvgIpc) is 2.88. The summed E-state index contributed by atoms with van der Waals surface area (Å²) in [4.78, 5) is 12.7. The van der Waals surface area contributed by atoms with Crippen molar-refractivity contribution in [1.82, 2.24) is 20.1 Å². The van der Waals surface area contributed by atoms with Crippen LogP contribution in [0.4, 0.5) is 11.6 Å². The van der Waals surface area contributed by atoms with Crippen LogP contribution in [0, 0.1) is 6.92 Å². The molecule has 2 N–H and O–H groups in total. The number of rotatable bonds is 7. The van der Waals surface area contributed by atoms with Crippen LogP contribution in [-0.2, 0) is 13.0 Å². The molecule has 7 nitrogen and oxygen atoms in total. The van der Waals surface area contributed by atoms with Crippen LogP contribution in [0.25, 0.3) is 0 Å². The summed E-state index contributed by atoms with van der Waals surface area (Å²) >= 11 is 0. The van der Waals surface area contributed by atoms with Gasteiger partial charge in [0.1, 0.15) is 18.0 Å². The first-order valence-electron chi connectivity index (χ1n) is 6.85. The van der Waals surface area contributed by atoms with E-state index >= 15 is 0 Å². The molecule has 0 spiro atoms. The Morgan fingerprint density at radius 2 is 1.90 bits per heavy atom. The van der Waals surface area contributed by atoms with E-state index in [1.54, 1.807) is 13.3 Å². The highest BCUT2D eigenvalue weighted by Gasteiger charge is 2.10. The lowest BCUT2D eigenvalue weighted by Gasteiger charge is -2.13. The van der Waals surface area contributed by atoms with Crippen molar-refractivity contribution < 1.29 is 4.52 Å². The maximum absolute atomic E-state index is 5.07. The molecule has 0 saturated carbocycles. The van der Waals surface area contributed by atoms with Gasteiger partial charge in [-0.3, -0.25) is 0 Å². The zero-order chi connectivity index (χ0) is 14.4. The molecule has 20 heavy (non-hydrogen) atoms. The Morgan fingerprint density at radius 3 is 2.50 bits per heavy atom. The fraction of sp³-hybridized carbons (Fsp3) is 0.538. The van der Waals surface area contributed by atoms with E-state index in [1.165, 1.54) is 0 Å². The molecule has 2 heterocycles. The van der Waals surface area contributed by atoms with Crippen LogP contribution < -0.4 is 10.6 Å². The summed E-state index contributed by atoms with van der Waals surface area (Å²) in [6, 6.07) is 0. The predicted octanol–water partition coefficient (Wildman–Crippen LogP) is 2.16. The lowest BCUT2D eigenvalue weighted by Crippen LogP contribution is -2.10. The summed E-state index contributed by atoms with van der Waals surface area (Å²) < 4.78 is 5.07. The molecule has 0 saturated heterocycles. The van der Waals surface area contributed by atoms with Gasteiger partial charge in [-0.15, -0.1) is 0 Å². The monoisotopic (exact) mass is 276 g/mol. The van der Waals surface area contributed by atoms with Crippen molar-refractivity contribution in [2.75, 3.05) is 17.2 Å². The molecule has 2 aromatic heterocycles. The number of hydrogen-bond donors (Lipinski definition) is 2. The number of nitrogens with zero attached hydrogens (tertiary/aromatic N) is 4. The summed E-state index contributed by atoms with van der Waals surface area (Å²) in [5, 5.41) is 10.3. The van der Waals surface area contributed by atoms with E-state index in [-0.39, 0.29) is 0 Å². The SMILES string of the molecule is CCCNc1ncnc(NCc2nc(C)no2)c1CC. The lowest BCUT2D eigenvalue weighted by molar-refractivity contribution is 0.379. The Kier molecular flexibility index (Phi) is 4.86. The Hall–Kier alpha value is -2.18. The van der Waals surface area contributed by atoms with Crippen molar-refractivity contribution in [1.29, 1.82) is 0 Å². The second-order valence-electron chi connectivity index (χ2n) is 4.42. The van der Waals surface area contributed by atoms with Gasteiger partial charge in [0.25, 0.3) is 0 Å². The van der Waals surface area contributed by atoms with Gasteiger partial charge in [-0.1, -0.05) is 19.0 Å². The van der Waals surface area contributed by atoms with Crippen molar-refractivity contribution >= 4 is 11.6 Å². The van der Waals surface area contributed by atoms with Gasteiger partial charge in [0.15, 0.2) is 5.82 Å². The minimum Gasteiger partial charge on any atom is -0.370 e. The second kappa shape index (κ2) is 6.83. The second-order valence-corrected chi connectivity index (χ2v) is 4.42. The van der Waals surface area contributed by atoms with Crippen LogP contribution in [0.2, 0.25) is 0 Å². The molecule has 0 aliphatic carbocycles. The van der Waals surface area contributed by atoms with Crippen molar-refractivity contribution in [2.24, 2.45) is 0 Å². The molecule has 0 atom stereocenters. The van der Waals surface area contributed by atoms with Gasteiger partial charge in [-0.2, -0.15) is 4.98 Å². The van der Waals surface area contributed by atoms with Crippen LogP contribution in [0.1, 0.15) is 37.5 Å². The first-order valence-corrected chi connectivity index (χ1v) is 6.85. The Morgan fingerprint density at radius 1 is 1.15 bits per heavy atom. The maximum atomic E-state index is 5.07. The fourth-order valence-electron chi connectivity index (χ4n) is 1.87. The van der Waals surface area contributed by atoms with E-state index in [0.29, 0.717) is 18.3 Å². The third-order valence-electron chi connectivity index (χ3n) is 2.82. The molecule has 7 heteroatoms. The third-order valence-corrected chi connectivity index (χ3v) is 2.82. The standard InChI is InChI=1S/C13H20N6O/c1-4-6-14-12-10(5-2)13(17-8-16-12)15-7-11-18-9(3)19-20-11/h8H,4-7H2,1-3H3,(H2,14,15,16,17). The molecule has 0 fully saturated rings. The molecule has 0 aliphatic rings. The molecule has 2 rings (SSSR count). The highest BCUT2D eigenvalue weighted by molar-refractivity contribution is 5.57. The molecule has 0 amide bonds. The minimum absolute atomic E-state index is 0.456. The zero-order valence-electron chi connectivity index (χ0n) is 12.1. The largest absolute Gasteiger partial charge is 0.370 e. The van der Waals surface area contributed by atoms with Crippen LogP contribution in [0.5, 0.6) is 0 Å². The van der Waals surface area contributed by atoms with Crippen LogP contribution in [-0.4, -0.2) is 26.7 Å². The molecule has 0 bridgehead atoms. The molecule has 2 aromatic rings. The van der Waals surface area contributed by atoms with Crippen molar-refractivity contribution in [2.45, 2.75) is 40.2 Å². The molecule has 0 aromatic carbocycles. The number of aromatic nitrogens is 4. The summed E-state index contributed by atoms with van der Waals surface area (Å²) in [6.45, 7) is 7.35. The fourth-order valence-corrected chi connectivity index (χ4v) is 1.87. The molecule has 0 radical (unpaired) electrons. The first kappa shape index (κ1) is 14.2. The van der Waals surface area contributed by atoms with Gasteiger partial charge in [0, 0.05) is 12.1 Å². The average molecular weight is 276 g/mol. The third kappa shape index (κ3) is 3.43. The molecular weight excluding hydrogens is 256 g/mol. The van der Waals surface area contributed by atoms with Gasteiger partial charge in [-0.05, 0) is 19.8 Å². The van der Waals surface area contributed by atoms with Crippen LogP contribution >= 0.6 is 0 Å². The molecular formula is C13H20N6O. The zero-order valence-corrected chi connectivity index (χ0v) is 12.1. The highest BCUT2D eigenvalue weighted by Crippen LogP contribution is 2.20. The van der Waals surface area contributed by atoms with Gasteiger partial charge in [-0.25, -0.2) is 9.97 Å². The van der Waals surface area contributed by atoms with E-state index in [0.717, 1.165) is 36.6 Å². The quantitative estimate of drug-likeness (QED) is 0.801. The number of hydrogen-bond acceptors (Lipinski definition) is 7. The molecule has 0 aliphatic heterocycles. The number of aryl methyl sites for hydroxylation is 1. The summed E-state index contributed by atoms with van der Waals surface area (Å²) in [7, 11) is 0. The van der Waals surface area contributed by atoms with Gasteiger partial charge in [0.05, 0.1) is 6.54 Å². The van der Waals surface area contributed by atoms with Crippen LogP contribution in [0.15, 0.2) is 10.9 Å². The Labute approximate surface area is 118 Å². The Bertz CT molecular complexity index is 554. The normalized spacial score (nSPS) is 10.6. The van der Waals surface area contributed by atoms with Crippen molar-refractivity contribution in [3.63, 3.8) is 0 Å². The van der Waals surface area contributed by atoms with E-state index in [9.17, 15) is 0 Å². The molecule has 0 unspecified atom stereocenters. The smallest absolute Gasteiger partial charge is 0.245 e. The predicted molar refractivity (Wildman–Crippen MR) is 76.6 cm³/mol. The van der Waals surface area contributed by atoms with Crippen molar-refractivity contribution in [3.05, 3.63) is 23.6 Å². The number of nitrogens with one attached hydrogen (secondary N) is 2. The lowest BCUT2D eigenvalue weighted by atomic mass is 10.2. The van der Waals surface area contributed by atoms with E-state index < -0.39 is 0 Å². The summed E-state index contributed by atoms with van der Waals surface area (Å²) in [5.41, 5.74) is 1.07. The van der Waals surface area contributed by atoms with Gasteiger partial charge < -0.3 is 15.2 Å². The van der Waals surface area contributed by atoms with Crippen LogP contribution in [0.3, 0.4) is 0 Å². The minimum atomic E-state index is 0.456. The maximum Gasteiger partial charge on any atom is 0.245 e. The van der Waals surface area contributed by atoms with E-state index in [1.807, 2.05) is 0 Å². The topological polar surface area (TPSA) is 88.8 Å². The highest BCUT2D eigenvalue weighted by atomic mass is 16.5. The van der Waals surface area contributed by atoms with Gasteiger partial charge in [0.2, 0.25) is 5.89 Å². The van der Waals surface area contributed by atoms with Crippen molar-refractivity contribution in [3.8, 4) is 0 Å². The van der Waals surface area contributed by atoms with Gasteiger partial charge >= 0.3 is 0 Å². The first-order chi connectivity index (χ1) is 9.74. The summed E-state index contributed by atoms with van der Waals surface area (Å²) in [5.74, 6) is 2.86. The Balaban J connectivity index is 2.10. The molecule has 108 valence electrons. The number of anilines is 2. The summed E-state index contributed by atoms with van der Waals surface area (Å²) in [6.07, 6.45) is 3.45.